The van der Waals surface area contributed by atoms with E-state index < -0.39 is 17.3 Å². The Morgan fingerprint density at radius 1 is 1.67 bits per heavy atom. The molecule has 5 heteroatoms. The lowest BCUT2D eigenvalue weighted by Gasteiger charge is -2.27. The third-order valence-corrected chi connectivity index (χ3v) is 2.47. The van der Waals surface area contributed by atoms with Crippen LogP contribution in [0.25, 0.3) is 0 Å². The first-order valence-electron chi connectivity index (χ1n) is 5.52. The van der Waals surface area contributed by atoms with E-state index in [2.05, 4.69) is 16.2 Å². The number of carbonyl (C=O) groups excluding carboxylic acids is 1. The fraction of sp³-hybridized carbons (Fsp3) is 0.385. The second kappa shape index (κ2) is 6.12. The van der Waals surface area contributed by atoms with Crippen LogP contribution in [-0.2, 0) is 15.1 Å². The van der Waals surface area contributed by atoms with Gasteiger partial charge in [-0.05, 0) is 26.0 Å². The topological polar surface area (TPSA) is 51.2 Å². The van der Waals surface area contributed by atoms with Crippen LogP contribution in [0.3, 0.4) is 0 Å². The highest BCUT2D eigenvalue weighted by Crippen LogP contribution is 2.20. The number of pyridine rings is 1. The third kappa shape index (κ3) is 3.05. The molecule has 1 aromatic heterocycles. The molecule has 0 aliphatic heterocycles. The summed E-state index contributed by atoms with van der Waals surface area (Å²) >= 11 is 0. The van der Waals surface area contributed by atoms with E-state index in [4.69, 9.17) is 11.2 Å². The fourth-order valence-corrected chi connectivity index (χ4v) is 1.44. The van der Waals surface area contributed by atoms with Gasteiger partial charge in [-0.25, -0.2) is 9.18 Å². The molecule has 0 saturated carbocycles. The van der Waals surface area contributed by atoms with E-state index in [1.165, 1.54) is 12.1 Å². The average Bonchev–Trinajstić information content (AvgIpc) is 2.37. The van der Waals surface area contributed by atoms with Crippen molar-refractivity contribution in [1.29, 1.82) is 0 Å². The van der Waals surface area contributed by atoms with Gasteiger partial charge in [-0.2, -0.15) is 0 Å². The van der Waals surface area contributed by atoms with Crippen LogP contribution in [0.1, 0.15) is 19.5 Å². The molecule has 1 heterocycles. The second-order valence-electron chi connectivity index (χ2n) is 3.76. The number of rotatable bonds is 5. The minimum absolute atomic E-state index is 0.175. The van der Waals surface area contributed by atoms with Crippen LogP contribution in [0.15, 0.2) is 18.3 Å². The van der Waals surface area contributed by atoms with Crippen molar-refractivity contribution in [2.24, 2.45) is 0 Å². The van der Waals surface area contributed by atoms with Crippen LogP contribution in [0.2, 0.25) is 0 Å². The zero-order valence-corrected chi connectivity index (χ0v) is 10.4. The predicted molar refractivity (Wildman–Crippen MR) is 65.0 cm³/mol. The molecule has 1 atom stereocenters. The van der Waals surface area contributed by atoms with Gasteiger partial charge in [0, 0.05) is 0 Å². The number of esters is 1. The lowest BCUT2D eigenvalue weighted by Crippen LogP contribution is -2.48. The molecule has 1 N–H and O–H groups in total. The van der Waals surface area contributed by atoms with Gasteiger partial charge in [-0.15, -0.1) is 6.42 Å². The van der Waals surface area contributed by atoms with Crippen LogP contribution in [0, 0.1) is 18.2 Å². The van der Waals surface area contributed by atoms with E-state index in [0.717, 1.165) is 6.20 Å². The van der Waals surface area contributed by atoms with Gasteiger partial charge in [-0.3, -0.25) is 10.3 Å². The maximum Gasteiger partial charge on any atom is 0.332 e. The molecule has 0 aliphatic carbocycles. The zero-order chi connectivity index (χ0) is 13.6. The average molecular weight is 250 g/mol. The highest BCUT2D eigenvalue weighted by molar-refractivity contribution is 5.81. The standard InChI is InChI=1S/C13H15FN2O2/c1-4-8-16-13(3,12(17)18-5-2)11-7-6-10(14)9-15-11/h1,6-7,9,16H,5,8H2,2-3H3. The molecule has 18 heavy (non-hydrogen) atoms. The molecule has 1 aromatic rings. The monoisotopic (exact) mass is 250 g/mol. The first-order valence-corrected chi connectivity index (χ1v) is 5.52. The number of nitrogens with zero attached hydrogens (tertiary/aromatic N) is 1. The number of hydrogen-bond acceptors (Lipinski definition) is 4. The van der Waals surface area contributed by atoms with Crippen LogP contribution in [0.4, 0.5) is 4.39 Å². The molecule has 0 saturated heterocycles. The number of aromatic nitrogens is 1. The Bertz CT molecular complexity index is 453. The van der Waals surface area contributed by atoms with E-state index >= 15 is 0 Å². The Kier molecular flexibility index (Phi) is 4.81. The zero-order valence-electron chi connectivity index (χ0n) is 10.4. The smallest absolute Gasteiger partial charge is 0.332 e. The molecule has 0 spiro atoms. The summed E-state index contributed by atoms with van der Waals surface area (Å²) in [5.41, 5.74) is -0.826. The Morgan fingerprint density at radius 3 is 2.89 bits per heavy atom. The van der Waals surface area contributed by atoms with Crippen molar-refractivity contribution in [2.45, 2.75) is 19.4 Å². The van der Waals surface area contributed by atoms with E-state index in [9.17, 15) is 9.18 Å². The van der Waals surface area contributed by atoms with Crippen molar-refractivity contribution in [3.8, 4) is 12.3 Å². The summed E-state index contributed by atoms with van der Waals surface area (Å²) in [5.74, 6) is 1.41. The van der Waals surface area contributed by atoms with Crippen molar-refractivity contribution in [2.75, 3.05) is 13.2 Å². The minimum Gasteiger partial charge on any atom is -0.464 e. The molecule has 96 valence electrons. The predicted octanol–water partition coefficient (Wildman–Crippen LogP) is 1.22. The SMILES string of the molecule is C#CCNC(C)(C(=O)OCC)c1ccc(F)cn1. The normalized spacial score (nSPS) is 13.4. The Morgan fingerprint density at radius 2 is 2.39 bits per heavy atom. The molecular formula is C13H15FN2O2. The molecule has 1 rings (SSSR count). The Balaban J connectivity index is 3.07. The summed E-state index contributed by atoms with van der Waals surface area (Å²) in [4.78, 5) is 15.9. The highest BCUT2D eigenvalue weighted by atomic mass is 19.1. The number of ether oxygens (including phenoxy) is 1. The molecule has 0 amide bonds. The molecule has 0 aromatic carbocycles. The van der Waals surface area contributed by atoms with Gasteiger partial charge in [0.15, 0.2) is 5.54 Å². The number of nitrogens with one attached hydrogen (secondary N) is 1. The van der Waals surface area contributed by atoms with Crippen molar-refractivity contribution >= 4 is 5.97 Å². The summed E-state index contributed by atoms with van der Waals surface area (Å²) in [6.07, 6.45) is 6.21. The van der Waals surface area contributed by atoms with Gasteiger partial charge in [0.05, 0.1) is 25.0 Å². The molecule has 0 aliphatic rings. The summed E-state index contributed by atoms with van der Waals surface area (Å²) < 4.78 is 17.8. The van der Waals surface area contributed by atoms with E-state index in [1.807, 2.05) is 0 Å². The van der Waals surface area contributed by atoms with Crippen LogP contribution in [-0.4, -0.2) is 24.1 Å². The molecule has 4 nitrogen and oxygen atoms in total. The molecular weight excluding hydrogens is 235 g/mol. The lowest BCUT2D eigenvalue weighted by atomic mass is 9.97. The number of halogens is 1. The van der Waals surface area contributed by atoms with Crippen LogP contribution >= 0.6 is 0 Å². The molecule has 0 bridgehead atoms. The molecule has 0 fully saturated rings. The fourth-order valence-electron chi connectivity index (χ4n) is 1.44. The van der Waals surface area contributed by atoms with Crippen molar-refractivity contribution in [1.82, 2.24) is 10.3 Å². The van der Waals surface area contributed by atoms with E-state index in [-0.39, 0.29) is 13.2 Å². The van der Waals surface area contributed by atoms with Crippen molar-refractivity contribution < 1.29 is 13.9 Å². The van der Waals surface area contributed by atoms with Gasteiger partial charge in [0.1, 0.15) is 5.82 Å². The molecule has 0 radical (unpaired) electrons. The Hall–Kier alpha value is -1.93. The van der Waals surface area contributed by atoms with Crippen LogP contribution < -0.4 is 5.32 Å². The summed E-state index contributed by atoms with van der Waals surface area (Å²) in [6, 6.07) is 2.66. The van der Waals surface area contributed by atoms with Gasteiger partial charge in [-0.1, -0.05) is 5.92 Å². The largest absolute Gasteiger partial charge is 0.464 e. The minimum atomic E-state index is -1.18. The highest BCUT2D eigenvalue weighted by Gasteiger charge is 2.37. The molecule has 1 unspecified atom stereocenters. The first-order chi connectivity index (χ1) is 8.54. The van der Waals surface area contributed by atoms with Crippen molar-refractivity contribution in [3.63, 3.8) is 0 Å². The van der Waals surface area contributed by atoms with Crippen LogP contribution in [0.5, 0.6) is 0 Å². The maximum atomic E-state index is 12.8. The summed E-state index contributed by atoms with van der Waals surface area (Å²) in [6.45, 7) is 3.72. The lowest BCUT2D eigenvalue weighted by molar-refractivity contribution is -0.151. The summed E-state index contributed by atoms with van der Waals surface area (Å²) in [5, 5.41) is 2.87. The third-order valence-electron chi connectivity index (χ3n) is 2.47. The van der Waals surface area contributed by atoms with Crippen molar-refractivity contribution in [3.05, 3.63) is 29.8 Å². The number of terminal acetylenes is 1. The van der Waals surface area contributed by atoms with Gasteiger partial charge < -0.3 is 4.74 Å². The second-order valence-corrected chi connectivity index (χ2v) is 3.76. The number of carbonyl (C=O) groups is 1. The van der Waals surface area contributed by atoms with Gasteiger partial charge in [0.25, 0.3) is 0 Å². The van der Waals surface area contributed by atoms with Gasteiger partial charge in [0.2, 0.25) is 0 Å². The quantitative estimate of drug-likeness (QED) is 0.630. The Labute approximate surface area is 106 Å². The maximum absolute atomic E-state index is 12.8. The summed E-state index contributed by atoms with van der Waals surface area (Å²) in [7, 11) is 0. The van der Waals surface area contributed by atoms with E-state index in [1.54, 1.807) is 13.8 Å². The number of hydrogen-bond donors (Lipinski definition) is 1. The first kappa shape index (κ1) is 14.1. The van der Waals surface area contributed by atoms with Gasteiger partial charge >= 0.3 is 5.97 Å². The van der Waals surface area contributed by atoms with E-state index in [0.29, 0.717) is 5.69 Å².